The zero-order valence-corrected chi connectivity index (χ0v) is 14.1. The van der Waals surface area contributed by atoms with E-state index in [0.29, 0.717) is 29.7 Å². The minimum Gasteiger partial charge on any atom is -0.493 e. The maximum atomic E-state index is 5.94. The average molecular weight is 327 g/mol. The van der Waals surface area contributed by atoms with Gasteiger partial charge in [-0.25, -0.2) is 0 Å². The molecule has 0 atom stereocenters. The van der Waals surface area contributed by atoms with E-state index in [1.165, 1.54) is 0 Å². The van der Waals surface area contributed by atoms with Crippen molar-refractivity contribution in [3.8, 4) is 11.5 Å². The van der Waals surface area contributed by atoms with Gasteiger partial charge in [0, 0.05) is 5.56 Å². The number of methoxy groups -OCH3 is 2. The van der Waals surface area contributed by atoms with Crippen molar-refractivity contribution < 1.29 is 37.8 Å². The van der Waals surface area contributed by atoms with Crippen LogP contribution in [0.2, 0.25) is 5.02 Å². The fourth-order valence-electron chi connectivity index (χ4n) is 2.56. The molecule has 0 amide bonds. The van der Waals surface area contributed by atoms with Gasteiger partial charge in [0.05, 0.1) is 27.4 Å². The van der Waals surface area contributed by atoms with Crippen molar-refractivity contribution in [2.24, 2.45) is 0 Å². The van der Waals surface area contributed by atoms with Gasteiger partial charge in [0.25, 0.3) is 0 Å². The molecular weight excluding hydrogens is 311 g/mol. The van der Waals surface area contributed by atoms with Gasteiger partial charge in [0.15, 0.2) is 17.3 Å². The first-order valence-electron chi connectivity index (χ1n) is 6.88. The van der Waals surface area contributed by atoms with E-state index in [2.05, 4.69) is 6.07 Å². The van der Waals surface area contributed by atoms with E-state index < -0.39 is 5.79 Å². The fraction of sp³-hybridized carbons (Fsp3) is 0.294. The van der Waals surface area contributed by atoms with Crippen LogP contribution in [0.1, 0.15) is 11.1 Å². The van der Waals surface area contributed by atoms with Gasteiger partial charge in [-0.15, -0.1) is 11.6 Å². The number of halogens is 1. The number of rotatable bonds is 4. The predicted octanol–water partition coefficient (Wildman–Crippen LogP) is 0.409. The Morgan fingerprint density at radius 3 is 2.22 bits per heavy atom. The molecule has 1 heterocycles. The largest absolute Gasteiger partial charge is 1.00 e. The topological polar surface area (TPSA) is 36.9 Å². The average Bonchev–Trinajstić information content (AvgIpc) is 3.05. The van der Waals surface area contributed by atoms with Gasteiger partial charge in [-0.1, -0.05) is 16.7 Å². The van der Waals surface area contributed by atoms with Crippen LogP contribution >= 0.6 is 11.6 Å². The van der Waals surface area contributed by atoms with Crippen molar-refractivity contribution in [3.63, 3.8) is 0 Å². The van der Waals surface area contributed by atoms with Gasteiger partial charge < -0.3 is 18.9 Å². The first-order chi connectivity index (χ1) is 10.7. The molecule has 6 heteroatoms. The molecule has 116 valence electrons. The molecule has 23 heavy (non-hydrogen) atoms. The Labute approximate surface area is 152 Å². The van der Waals surface area contributed by atoms with Crippen LogP contribution in [-0.4, -0.2) is 27.4 Å². The Morgan fingerprint density at radius 1 is 1.00 bits per heavy atom. The van der Waals surface area contributed by atoms with Gasteiger partial charge >= 0.3 is 18.9 Å². The maximum Gasteiger partial charge on any atom is 1.00 e. The summed E-state index contributed by atoms with van der Waals surface area (Å²) >= 11 is 5.92. The molecule has 0 radical (unpaired) electrons. The summed E-state index contributed by atoms with van der Waals surface area (Å²) in [5.74, 6) is 0.305. The normalized spacial score (nSPS) is 15.8. The maximum absolute atomic E-state index is 5.94. The van der Waals surface area contributed by atoms with E-state index in [1.54, 1.807) is 26.4 Å². The summed E-state index contributed by atoms with van der Waals surface area (Å²) in [7, 11) is 3.20. The van der Waals surface area contributed by atoms with Gasteiger partial charge in [-0.2, -0.15) is 24.3 Å². The van der Waals surface area contributed by atoms with Gasteiger partial charge in [-0.3, -0.25) is 0 Å². The smallest absolute Gasteiger partial charge is 0.493 e. The Bertz CT molecular complexity index is 654. The molecule has 1 fully saturated rings. The second-order valence-electron chi connectivity index (χ2n) is 4.81. The van der Waals surface area contributed by atoms with Crippen LogP contribution in [0.25, 0.3) is 0 Å². The van der Waals surface area contributed by atoms with Crippen molar-refractivity contribution >= 4 is 11.6 Å². The standard InChI is InChI=1S/C17H16ClO4.Li/c1-19-15-8-5-13(11-16(15)20-2)17(21-9-10-22-17)12-3-6-14(18)7-4-12;/h3-6,8,11H,9-10H2,1-2H3;/q-1;+1. The third-order valence-electron chi connectivity index (χ3n) is 3.61. The molecule has 0 aliphatic carbocycles. The number of ether oxygens (including phenoxy) is 4. The fourth-order valence-corrected chi connectivity index (χ4v) is 2.68. The summed E-state index contributed by atoms with van der Waals surface area (Å²) in [6, 6.07) is 14.0. The summed E-state index contributed by atoms with van der Waals surface area (Å²) < 4.78 is 22.5. The van der Waals surface area contributed by atoms with E-state index in [1.807, 2.05) is 24.3 Å². The minimum absolute atomic E-state index is 0. The summed E-state index contributed by atoms with van der Waals surface area (Å²) in [6.07, 6.45) is 0. The quantitative estimate of drug-likeness (QED) is 0.602. The van der Waals surface area contributed by atoms with Crippen molar-refractivity contribution in [2.45, 2.75) is 5.79 Å². The van der Waals surface area contributed by atoms with Crippen molar-refractivity contribution in [1.82, 2.24) is 0 Å². The first-order valence-corrected chi connectivity index (χ1v) is 7.25. The predicted molar refractivity (Wildman–Crippen MR) is 82.5 cm³/mol. The molecule has 0 unspecified atom stereocenters. The van der Waals surface area contributed by atoms with E-state index in [9.17, 15) is 0 Å². The van der Waals surface area contributed by atoms with Crippen LogP contribution in [-0.2, 0) is 15.3 Å². The third kappa shape index (κ3) is 3.37. The van der Waals surface area contributed by atoms with Crippen molar-refractivity contribution in [1.29, 1.82) is 0 Å². The van der Waals surface area contributed by atoms with E-state index in [0.717, 1.165) is 11.1 Å². The van der Waals surface area contributed by atoms with Crippen molar-refractivity contribution in [3.05, 3.63) is 58.6 Å². The third-order valence-corrected chi connectivity index (χ3v) is 3.85. The van der Waals surface area contributed by atoms with E-state index >= 15 is 0 Å². The molecule has 0 aromatic heterocycles. The van der Waals surface area contributed by atoms with Crippen LogP contribution in [0.5, 0.6) is 11.5 Å². The molecular formula is C17H16ClLiO4. The van der Waals surface area contributed by atoms with Crippen molar-refractivity contribution in [2.75, 3.05) is 27.4 Å². The van der Waals surface area contributed by atoms with Crippen LogP contribution in [0.3, 0.4) is 0 Å². The van der Waals surface area contributed by atoms with Crippen LogP contribution in [0, 0.1) is 6.07 Å². The second-order valence-corrected chi connectivity index (χ2v) is 5.22. The number of hydrogen-bond acceptors (Lipinski definition) is 4. The first kappa shape index (κ1) is 18.2. The molecule has 0 saturated carbocycles. The van der Waals surface area contributed by atoms with Gasteiger partial charge in [-0.05, 0) is 12.1 Å². The van der Waals surface area contributed by atoms with Gasteiger partial charge in [0.1, 0.15) is 0 Å². The molecule has 0 spiro atoms. The molecule has 1 aliphatic heterocycles. The van der Waals surface area contributed by atoms with E-state index in [4.69, 9.17) is 30.5 Å². The molecule has 2 aromatic rings. The molecule has 3 rings (SSSR count). The zero-order valence-electron chi connectivity index (χ0n) is 13.4. The zero-order chi connectivity index (χ0) is 15.6. The van der Waals surface area contributed by atoms with E-state index in [-0.39, 0.29) is 18.9 Å². The molecule has 0 N–H and O–H groups in total. The monoisotopic (exact) mass is 326 g/mol. The Hall–Kier alpha value is -1.15. The number of hydrogen-bond donors (Lipinski definition) is 0. The molecule has 2 aromatic carbocycles. The molecule has 4 nitrogen and oxygen atoms in total. The SMILES string of the molecule is COc1ccc(C2(c3c[c-]c(Cl)cc3)OCCO2)cc1OC.[Li+]. The van der Waals surface area contributed by atoms with Crippen LogP contribution in [0.4, 0.5) is 0 Å². The minimum atomic E-state index is -0.972. The summed E-state index contributed by atoms with van der Waals surface area (Å²) in [4.78, 5) is 0. The Morgan fingerprint density at radius 2 is 1.65 bits per heavy atom. The van der Waals surface area contributed by atoms with Gasteiger partial charge in [0.2, 0.25) is 0 Å². The summed E-state index contributed by atoms with van der Waals surface area (Å²) in [5.41, 5.74) is 1.67. The summed E-state index contributed by atoms with van der Waals surface area (Å²) in [6.45, 7) is 1.02. The van der Waals surface area contributed by atoms with Crippen LogP contribution < -0.4 is 28.3 Å². The second kappa shape index (κ2) is 7.61. The summed E-state index contributed by atoms with van der Waals surface area (Å²) in [5, 5.41) is 0.546. The molecule has 0 bridgehead atoms. The molecule has 1 aliphatic rings. The number of benzene rings is 2. The Kier molecular flexibility index (Phi) is 6.02. The van der Waals surface area contributed by atoms with Crippen LogP contribution in [0.15, 0.2) is 36.4 Å². The Balaban J connectivity index is 0.00000192. The molecule has 1 saturated heterocycles.